The summed E-state index contributed by atoms with van der Waals surface area (Å²) in [6.45, 7) is 0.377. The fourth-order valence-electron chi connectivity index (χ4n) is 1.81. The van der Waals surface area contributed by atoms with Crippen molar-refractivity contribution in [2.24, 2.45) is 5.73 Å². The number of hydrogen-bond donors (Lipinski definition) is 1. The lowest BCUT2D eigenvalue weighted by atomic mass is 10.1. The van der Waals surface area contributed by atoms with E-state index in [-0.39, 0.29) is 16.6 Å². The van der Waals surface area contributed by atoms with Crippen molar-refractivity contribution in [3.63, 3.8) is 0 Å². The normalized spacial score (nSPS) is 10.6. The number of ether oxygens (including phenoxy) is 1. The standard InChI is InChI=1S/C15H14BrF2NO/c16-13-4-5-14(17)12(15(13)18)9-20-11-3-1-2-10(8-11)6-7-19/h1-5,8H,6-7,9,19H2. The van der Waals surface area contributed by atoms with E-state index in [9.17, 15) is 8.78 Å². The van der Waals surface area contributed by atoms with E-state index in [1.807, 2.05) is 18.2 Å². The van der Waals surface area contributed by atoms with Crippen molar-refractivity contribution >= 4 is 15.9 Å². The second-order valence-electron chi connectivity index (χ2n) is 4.30. The Hall–Kier alpha value is -1.46. The SMILES string of the molecule is NCCc1cccc(OCc2c(F)ccc(Br)c2F)c1. The largest absolute Gasteiger partial charge is 0.489 e. The average Bonchev–Trinajstić information content (AvgIpc) is 2.44. The number of nitrogens with two attached hydrogens (primary N) is 1. The number of halogens is 3. The van der Waals surface area contributed by atoms with Gasteiger partial charge < -0.3 is 10.5 Å². The van der Waals surface area contributed by atoms with E-state index in [1.54, 1.807) is 6.07 Å². The van der Waals surface area contributed by atoms with Crippen molar-refractivity contribution in [3.05, 3.63) is 63.6 Å². The minimum absolute atomic E-state index is 0.0939. The zero-order valence-corrected chi connectivity index (χ0v) is 12.3. The van der Waals surface area contributed by atoms with Gasteiger partial charge in [0.05, 0.1) is 10.0 Å². The lowest BCUT2D eigenvalue weighted by molar-refractivity contribution is 0.292. The van der Waals surface area contributed by atoms with Crippen molar-refractivity contribution in [2.45, 2.75) is 13.0 Å². The molecule has 0 bridgehead atoms. The molecule has 0 radical (unpaired) electrons. The van der Waals surface area contributed by atoms with Crippen molar-refractivity contribution in [1.82, 2.24) is 0 Å². The Labute approximate surface area is 124 Å². The first-order valence-electron chi connectivity index (χ1n) is 6.16. The van der Waals surface area contributed by atoms with Gasteiger partial charge >= 0.3 is 0 Å². The molecule has 2 aromatic carbocycles. The fourth-order valence-corrected chi connectivity index (χ4v) is 2.19. The second-order valence-corrected chi connectivity index (χ2v) is 5.15. The lowest BCUT2D eigenvalue weighted by Gasteiger charge is -2.10. The average molecular weight is 342 g/mol. The van der Waals surface area contributed by atoms with E-state index >= 15 is 0 Å². The molecule has 2 aromatic rings. The van der Waals surface area contributed by atoms with Gasteiger partial charge in [0.25, 0.3) is 0 Å². The molecule has 0 saturated heterocycles. The van der Waals surface area contributed by atoms with E-state index in [0.717, 1.165) is 12.0 Å². The third-order valence-electron chi connectivity index (χ3n) is 2.85. The molecule has 0 aliphatic rings. The van der Waals surface area contributed by atoms with Gasteiger partial charge in [-0.1, -0.05) is 12.1 Å². The van der Waals surface area contributed by atoms with E-state index in [4.69, 9.17) is 10.5 Å². The van der Waals surface area contributed by atoms with Crippen molar-refractivity contribution in [3.8, 4) is 5.75 Å². The van der Waals surface area contributed by atoms with Gasteiger partial charge in [-0.3, -0.25) is 0 Å². The van der Waals surface area contributed by atoms with Crippen LogP contribution in [0.15, 0.2) is 40.9 Å². The minimum Gasteiger partial charge on any atom is -0.489 e. The summed E-state index contributed by atoms with van der Waals surface area (Å²) in [5, 5.41) is 0. The Morgan fingerprint density at radius 2 is 1.95 bits per heavy atom. The van der Waals surface area contributed by atoms with Gasteiger partial charge in [0.2, 0.25) is 0 Å². The minimum atomic E-state index is -0.636. The molecule has 5 heteroatoms. The van der Waals surface area contributed by atoms with Crippen LogP contribution >= 0.6 is 15.9 Å². The van der Waals surface area contributed by atoms with Gasteiger partial charge in [0, 0.05) is 0 Å². The maximum absolute atomic E-state index is 13.8. The number of benzene rings is 2. The van der Waals surface area contributed by atoms with Crippen LogP contribution in [0.25, 0.3) is 0 Å². The van der Waals surface area contributed by atoms with Crippen molar-refractivity contribution in [2.75, 3.05) is 6.54 Å². The predicted molar refractivity (Wildman–Crippen MR) is 77.6 cm³/mol. The molecule has 0 heterocycles. The molecule has 0 aliphatic heterocycles. The van der Waals surface area contributed by atoms with Gasteiger partial charge in [-0.25, -0.2) is 8.78 Å². The van der Waals surface area contributed by atoms with E-state index < -0.39 is 11.6 Å². The van der Waals surface area contributed by atoms with E-state index in [1.165, 1.54) is 12.1 Å². The smallest absolute Gasteiger partial charge is 0.146 e. The Balaban J connectivity index is 2.13. The van der Waals surface area contributed by atoms with Gasteiger partial charge in [0.15, 0.2) is 0 Å². The van der Waals surface area contributed by atoms with Crippen LogP contribution in [-0.2, 0) is 13.0 Å². The Morgan fingerprint density at radius 1 is 1.15 bits per heavy atom. The second kappa shape index (κ2) is 6.81. The molecule has 20 heavy (non-hydrogen) atoms. The molecular weight excluding hydrogens is 328 g/mol. The van der Waals surface area contributed by atoms with Crippen LogP contribution in [-0.4, -0.2) is 6.54 Å². The summed E-state index contributed by atoms with van der Waals surface area (Å²) in [4.78, 5) is 0. The number of hydrogen-bond acceptors (Lipinski definition) is 2. The highest BCUT2D eigenvalue weighted by atomic mass is 79.9. The molecule has 0 amide bonds. The van der Waals surface area contributed by atoms with Crippen LogP contribution in [0, 0.1) is 11.6 Å². The Kier molecular flexibility index (Phi) is 5.09. The summed E-state index contributed by atoms with van der Waals surface area (Å²) >= 11 is 3.03. The molecule has 0 fully saturated rings. The summed E-state index contributed by atoms with van der Waals surface area (Å²) < 4.78 is 33.0. The molecule has 0 spiro atoms. The molecule has 2 rings (SSSR count). The highest BCUT2D eigenvalue weighted by Crippen LogP contribution is 2.23. The summed E-state index contributed by atoms with van der Waals surface area (Å²) in [6, 6.07) is 9.86. The first-order valence-corrected chi connectivity index (χ1v) is 6.95. The summed E-state index contributed by atoms with van der Waals surface area (Å²) in [5.41, 5.74) is 6.42. The first-order chi connectivity index (χ1) is 9.61. The molecule has 106 valence electrons. The molecule has 0 aromatic heterocycles. The molecule has 0 aliphatic carbocycles. The summed E-state index contributed by atoms with van der Waals surface area (Å²) in [5.74, 6) is -0.693. The van der Waals surface area contributed by atoms with Crippen molar-refractivity contribution in [1.29, 1.82) is 0 Å². The molecule has 0 atom stereocenters. The zero-order valence-electron chi connectivity index (χ0n) is 10.7. The maximum Gasteiger partial charge on any atom is 0.146 e. The van der Waals surface area contributed by atoms with Gasteiger partial charge in [-0.05, 0) is 58.7 Å². The Bertz CT molecular complexity index is 604. The summed E-state index contributed by atoms with van der Waals surface area (Å²) in [7, 11) is 0. The van der Waals surface area contributed by atoms with Crippen LogP contribution in [0.2, 0.25) is 0 Å². The lowest BCUT2D eigenvalue weighted by Crippen LogP contribution is -2.04. The summed E-state index contributed by atoms with van der Waals surface area (Å²) in [6.07, 6.45) is 0.733. The molecular formula is C15H14BrF2NO. The maximum atomic E-state index is 13.8. The van der Waals surface area contributed by atoms with Crippen LogP contribution < -0.4 is 10.5 Å². The highest BCUT2D eigenvalue weighted by Gasteiger charge is 2.13. The van der Waals surface area contributed by atoms with E-state index in [2.05, 4.69) is 15.9 Å². The van der Waals surface area contributed by atoms with Crippen LogP contribution in [0.4, 0.5) is 8.78 Å². The predicted octanol–water partition coefficient (Wildman–Crippen LogP) is 3.81. The molecule has 0 saturated carbocycles. The van der Waals surface area contributed by atoms with Gasteiger partial charge in [-0.15, -0.1) is 0 Å². The third kappa shape index (κ3) is 3.55. The third-order valence-corrected chi connectivity index (χ3v) is 3.47. The molecule has 2 nitrogen and oxygen atoms in total. The fraction of sp³-hybridized carbons (Fsp3) is 0.200. The van der Waals surface area contributed by atoms with Crippen molar-refractivity contribution < 1.29 is 13.5 Å². The first kappa shape index (κ1) is 14.9. The molecule has 2 N–H and O–H groups in total. The Morgan fingerprint density at radius 3 is 2.70 bits per heavy atom. The van der Waals surface area contributed by atoms with Gasteiger partial charge in [0.1, 0.15) is 24.0 Å². The van der Waals surface area contributed by atoms with Crippen LogP contribution in [0.5, 0.6) is 5.75 Å². The topological polar surface area (TPSA) is 35.2 Å². The quantitative estimate of drug-likeness (QED) is 0.839. The highest BCUT2D eigenvalue weighted by molar-refractivity contribution is 9.10. The van der Waals surface area contributed by atoms with E-state index in [0.29, 0.717) is 12.3 Å². The van der Waals surface area contributed by atoms with Crippen LogP contribution in [0.1, 0.15) is 11.1 Å². The zero-order chi connectivity index (χ0) is 14.5. The van der Waals surface area contributed by atoms with Gasteiger partial charge in [-0.2, -0.15) is 0 Å². The number of rotatable bonds is 5. The van der Waals surface area contributed by atoms with Crippen LogP contribution in [0.3, 0.4) is 0 Å². The molecule has 0 unspecified atom stereocenters. The monoisotopic (exact) mass is 341 g/mol.